The number of hydrogen-bond donors (Lipinski definition) is 1. The number of methoxy groups -OCH3 is 1. The van der Waals surface area contributed by atoms with Crippen LogP contribution in [0, 0.1) is 0 Å². The number of ether oxygens (including phenoxy) is 1. The first kappa shape index (κ1) is 15.0. The number of benzene rings is 1. The first-order chi connectivity index (χ1) is 10.7. The minimum Gasteiger partial charge on any atom is -0.383 e. The molecule has 0 amide bonds. The van der Waals surface area contributed by atoms with Crippen LogP contribution in [0.2, 0.25) is 0 Å². The second-order valence-electron chi connectivity index (χ2n) is 5.44. The van der Waals surface area contributed by atoms with Gasteiger partial charge in [0.05, 0.1) is 18.5 Å². The average Bonchev–Trinajstić information content (AvgIpc) is 3.07. The Morgan fingerprint density at radius 3 is 2.73 bits per heavy atom. The van der Waals surface area contributed by atoms with Crippen LogP contribution in [0.1, 0.15) is 25.3 Å². The maximum atomic E-state index is 5.03. The molecule has 0 radical (unpaired) electrons. The van der Waals surface area contributed by atoms with E-state index in [4.69, 9.17) is 4.74 Å². The van der Waals surface area contributed by atoms with Gasteiger partial charge in [-0.1, -0.05) is 49.4 Å². The van der Waals surface area contributed by atoms with Gasteiger partial charge in [-0.2, -0.15) is 0 Å². The van der Waals surface area contributed by atoms with Gasteiger partial charge < -0.3 is 10.1 Å². The van der Waals surface area contributed by atoms with Crippen molar-refractivity contribution in [2.75, 3.05) is 25.6 Å². The lowest BCUT2D eigenvalue weighted by molar-refractivity contribution is 0.210. The molecule has 116 valence electrons. The minimum absolute atomic E-state index is 0.537. The van der Waals surface area contributed by atoms with Gasteiger partial charge >= 0.3 is 0 Å². The SMILES string of the molecule is COCCNc1nn2c(-c3ccc(C(C)C)cc3)cnc2s1. The van der Waals surface area contributed by atoms with Crippen LogP contribution in [0.15, 0.2) is 30.5 Å². The van der Waals surface area contributed by atoms with Gasteiger partial charge in [-0.25, -0.2) is 9.50 Å². The van der Waals surface area contributed by atoms with Gasteiger partial charge in [-0.05, 0) is 11.5 Å². The lowest BCUT2D eigenvalue weighted by Crippen LogP contribution is -2.07. The summed E-state index contributed by atoms with van der Waals surface area (Å²) in [5, 5.41) is 8.69. The molecule has 5 nitrogen and oxygen atoms in total. The molecule has 0 aliphatic rings. The highest BCUT2D eigenvalue weighted by molar-refractivity contribution is 7.20. The van der Waals surface area contributed by atoms with E-state index in [9.17, 15) is 0 Å². The number of aromatic nitrogens is 3. The van der Waals surface area contributed by atoms with Crippen LogP contribution in [-0.2, 0) is 4.74 Å². The predicted molar refractivity (Wildman–Crippen MR) is 90.8 cm³/mol. The third-order valence-electron chi connectivity index (χ3n) is 3.54. The van der Waals surface area contributed by atoms with Crippen LogP contribution in [0.4, 0.5) is 5.13 Å². The Kier molecular flexibility index (Phi) is 4.40. The van der Waals surface area contributed by atoms with E-state index >= 15 is 0 Å². The van der Waals surface area contributed by atoms with Crippen molar-refractivity contribution in [1.82, 2.24) is 14.6 Å². The van der Waals surface area contributed by atoms with Crippen molar-refractivity contribution < 1.29 is 4.74 Å². The first-order valence-corrected chi connectivity index (χ1v) is 8.18. The lowest BCUT2D eigenvalue weighted by atomic mass is 10.0. The fraction of sp³-hybridized carbons (Fsp3) is 0.375. The number of fused-ring (bicyclic) bond motifs is 1. The Bertz CT molecular complexity index is 745. The molecule has 2 aromatic heterocycles. The van der Waals surface area contributed by atoms with E-state index < -0.39 is 0 Å². The average molecular weight is 316 g/mol. The zero-order chi connectivity index (χ0) is 15.5. The summed E-state index contributed by atoms with van der Waals surface area (Å²) in [5.74, 6) is 0.537. The smallest absolute Gasteiger partial charge is 0.214 e. The molecule has 3 aromatic rings. The Balaban J connectivity index is 1.87. The summed E-state index contributed by atoms with van der Waals surface area (Å²) in [6, 6.07) is 8.61. The van der Waals surface area contributed by atoms with Crippen molar-refractivity contribution >= 4 is 21.4 Å². The van der Waals surface area contributed by atoms with E-state index in [1.807, 2.05) is 10.7 Å². The highest BCUT2D eigenvalue weighted by Crippen LogP contribution is 2.27. The van der Waals surface area contributed by atoms with Gasteiger partial charge in [-0.3, -0.25) is 0 Å². The molecule has 3 rings (SSSR count). The number of rotatable bonds is 6. The first-order valence-electron chi connectivity index (χ1n) is 7.36. The van der Waals surface area contributed by atoms with E-state index in [1.54, 1.807) is 18.4 Å². The van der Waals surface area contributed by atoms with Crippen molar-refractivity contribution in [2.45, 2.75) is 19.8 Å². The number of anilines is 1. The van der Waals surface area contributed by atoms with Crippen LogP contribution in [0.25, 0.3) is 16.2 Å². The van der Waals surface area contributed by atoms with E-state index in [0.29, 0.717) is 12.5 Å². The number of nitrogens with zero attached hydrogens (tertiary/aromatic N) is 3. The zero-order valence-electron chi connectivity index (χ0n) is 13.0. The normalized spacial score (nSPS) is 11.5. The molecule has 0 aliphatic carbocycles. The molecule has 0 saturated carbocycles. The summed E-state index contributed by atoms with van der Waals surface area (Å²) in [4.78, 5) is 5.34. The Morgan fingerprint density at radius 2 is 2.05 bits per heavy atom. The van der Waals surface area contributed by atoms with Gasteiger partial charge in [0.1, 0.15) is 0 Å². The molecule has 1 N–H and O–H groups in total. The Morgan fingerprint density at radius 1 is 1.27 bits per heavy atom. The summed E-state index contributed by atoms with van der Waals surface area (Å²) < 4.78 is 6.93. The summed E-state index contributed by atoms with van der Waals surface area (Å²) in [5.41, 5.74) is 3.48. The molecule has 2 heterocycles. The fourth-order valence-corrected chi connectivity index (χ4v) is 3.06. The number of imidazole rings is 1. The Hall–Kier alpha value is -1.92. The predicted octanol–water partition coefficient (Wildman–Crippen LogP) is 3.64. The highest BCUT2D eigenvalue weighted by atomic mass is 32.1. The van der Waals surface area contributed by atoms with Gasteiger partial charge in [0.15, 0.2) is 0 Å². The molecule has 6 heteroatoms. The van der Waals surface area contributed by atoms with Gasteiger partial charge in [-0.15, -0.1) is 5.10 Å². The van der Waals surface area contributed by atoms with E-state index in [1.165, 1.54) is 5.56 Å². The molecule has 0 unspecified atom stereocenters. The van der Waals surface area contributed by atoms with Gasteiger partial charge in [0.2, 0.25) is 10.1 Å². The molecule has 1 aromatic carbocycles. The summed E-state index contributed by atoms with van der Waals surface area (Å²) in [6.07, 6.45) is 1.88. The van der Waals surface area contributed by atoms with Crippen molar-refractivity contribution in [2.24, 2.45) is 0 Å². The van der Waals surface area contributed by atoms with E-state index in [2.05, 4.69) is 53.5 Å². The molecule has 0 aliphatic heterocycles. The van der Waals surface area contributed by atoms with Crippen molar-refractivity contribution in [3.8, 4) is 11.3 Å². The molecule has 0 atom stereocenters. The summed E-state index contributed by atoms with van der Waals surface area (Å²) >= 11 is 1.55. The van der Waals surface area contributed by atoms with Gasteiger partial charge in [0, 0.05) is 19.2 Å². The minimum atomic E-state index is 0.537. The molecule has 0 bridgehead atoms. The van der Waals surface area contributed by atoms with Crippen LogP contribution in [0.5, 0.6) is 0 Å². The largest absolute Gasteiger partial charge is 0.383 e. The second kappa shape index (κ2) is 6.46. The molecule has 0 spiro atoms. The third kappa shape index (κ3) is 2.98. The zero-order valence-corrected chi connectivity index (χ0v) is 13.9. The van der Waals surface area contributed by atoms with Crippen molar-refractivity contribution in [3.05, 3.63) is 36.0 Å². The van der Waals surface area contributed by atoms with E-state index in [-0.39, 0.29) is 0 Å². The molecular weight excluding hydrogens is 296 g/mol. The van der Waals surface area contributed by atoms with Crippen LogP contribution < -0.4 is 5.32 Å². The maximum absolute atomic E-state index is 5.03. The number of nitrogens with one attached hydrogen (secondary N) is 1. The highest BCUT2D eigenvalue weighted by Gasteiger charge is 2.11. The van der Waals surface area contributed by atoms with Gasteiger partial charge in [0.25, 0.3) is 0 Å². The van der Waals surface area contributed by atoms with E-state index in [0.717, 1.165) is 27.9 Å². The van der Waals surface area contributed by atoms with Crippen LogP contribution >= 0.6 is 11.3 Å². The fourth-order valence-electron chi connectivity index (χ4n) is 2.26. The quantitative estimate of drug-likeness (QED) is 0.705. The summed E-state index contributed by atoms with van der Waals surface area (Å²) in [7, 11) is 1.69. The maximum Gasteiger partial charge on any atom is 0.214 e. The summed E-state index contributed by atoms with van der Waals surface area (Å²) in [6.45, 7) is 5.80. The molecule has 0 saturated heterocycles. The molecule has 0 fully saturated rings. The third-order valence-corrected chi connectivity index (χ3v) is 4.42. The topological polar surface area (TPSA) is 51.5 Å². The molecular formula is C16H20N4OS. The van der Waals surface area contributed by atoms with Crippen LogP contribution in [-0.4, -0.2) is 34.9 Å². The number of hydrogen-bond acceptors (Lipinski definition) is 5. The second-order valence-corrected chi connectivity index (χ2v) is 6.40. The lowest BCUT2D eigenvalue weighted by Gasteiger charge is -2.06. The van der Waals surface area contributed by atoms with Crippen molar-refractivity contribution in [3.63, 3.8) is 0 Å². The monoisotopic (exact) mass is 316 g/mol. The standard InChI is InChI=1S/C16H20N4OS/c1-11(2)12-4-6-13(7-5-12)14-10-18-16-20(14)19-15(22-16)17-8-9-21-3/h4-7,10-11H,8-9H2,1-3H3,(H,17,19). The van der Waals surface area contributed by atoms with Crippen molar-refractivity contribution in [1.29, 1.82) is 0 Å². The van der Waals surface area contributed by atoms with Crippen LogP contribution in [0.3, 0.4) is 0 Å². The Labute approximate surface area is 134 Å². The molecule has 22 heavy (non-hydrogen) atoms.